The van der Waals surface area contributed by atoms with E-state index >= 15 is 0 Å². The second kappa shape index (κ2) is 7.62. The zero-order chi connectivity index (χ0) is 20.6. The SMILES string of the molecule is Cc1nc(N2CCN(c3ccc(F)c(S(C)(=O)=O)c3)C[C@H]2C(C)C)ncc1F. The van der Waals surface area contributed by atoms with Gasteiger partial charge in [-0.3, -0.25) is 0 Å². The van der Waals surface area contributed by atoms with Gasteiger partial charge in [-0.05, 0) is 31.0 Å². The van der Waals surface area contributed by atoms with Crippen molar-refractivity contribution >= 4 is 21.5 Å². The van der Waals surface area contributed by atoms with Gasteiger partial charge < -0.3 is 9.80 Å². The van der Waals surface area contributed by atoms with E-state index in [9.17, 15) is 17.2 Å². The number of halogens is 2. The van der Waals surface area contributed by atoms with Gasteiger partial charge in [0.05, 0.1) is 17.9 Å². The summed E-state index contributed by atoms with van der Waals surface area (Å²) in [5.74, 6) is -0.469. The Morgan fingerprint density at radius 1 is 1.18 bits per heavy atom. The summed E-state index contributed by atoms with van der Waals surface area (Å²) in [4.78, 5) is 12.2. The molecule has 28 heavy (non-hydrogen) atoms. The predicted molar refractivity (Wildman–Crippen MR) is 104 cm³/mol. The number of sulfone groups is 1. The molecule has 1 fully saturated rings. The topological polar surface area (TPSA) is 66.4 Å². The van der Waals surface area contributed by atoms with E-state index in [0.717, 1.165) is 6.26 Å². The molecule has 0 bridgehead atoms. The zero-order valence-corrected chi connectivity index (χ0v) is 17.2. The molecule has 152 valence electrons. The maximum absolute atomic E-state index is 13.9. The van der Waals surface area contributed by atoms with Gasteiger partial charge in [-0.1, -0.05) is 13.8 Å². The minimum Gasteiger partial charge on any atom is -0.368 e. The maximum atomic E-state index is 13.9. The van der Waals surface area contributed by atoms with E-state index in [0.29, 0.717) is 37.0 Å². The van der Waals surface area contributed by atoms with E-state index in [1.165, 1.54) is 18.3 Å². The summed E-state index contributed by atoms with van der Waals surface area (Å²) in [6.07, 6.45) is 2.18. The second-order valence-electron chi connectivity index (χ2n) is 7.44. The van der Waals surface area contributed by atoms with E-state index in [-0.39, 0.29) is 16.9 Å². The van der Waals surface area contributed by atoms with Crippen molar-refractivity contribution in [1.82, 2.24) is 9.97 Å². The van der Waals surface area contributed by atoms with Crippen molar-refractivity contribution in [1.29, 1.82) is 0 Å². The monoisotopic (exact) mass is 410 g/mol. The summed E-state index contributed by atoms with van der Waals surface area (Å²) in [7, 11) is -3.65. The average Bonchev–Trinajstić information content (AvgIpc) is 2.63. The lowest BCUT2D eigenvalue weighted by Crippen LogP contribution is -2.56. The van der Waals surface area contributed by atoms with Crippen LogP contribution in [0.2, 0.25) is 0 Å². The van der Waals surface area contributed by atoms with Crippen LogP contribution in [0.4, 0.5) is 20.4 Å². The Labute approximate surface area is 164 Å². The molecule has 1 aliphatic rings. The largest absolute Gasteiger partial charge is 0.368 e. The second-order valence-corrected chi connectivity index (χ2v) is 9.43. The number of nitrogens with zero attached hydrogens (tertiary/aromatic N) is 4. The molecule has 0 unspecified atom stereocenters. The lowest BCUT2D eigenvalue weighted by Gasteiger charge is -2.44. The zero-order valence-electron chi connectivity index (χ0n) is 16.4. The number of aryl methyl sites for hydroxylation is 1. The summed E-state index contributed by atoms with van der Waals surface area (Å²) in [5, 5.41) is 0. The fourth-order valence-electron chi connectivity index (χ4n) is 3.41. The number of piperazine rings is 1. The molecular weight excluding hydrogens is 386 g/mol. The molecule has 1 aromatic heterocycles. The molecule has 0 N–H and O–H groups in total. The highest BCUT2D eigenvalue weighted by Gasteiger charge is 2.32. The van der Waals surface area contributed by atoms with Crippen LogP contribution in [0.1, 0.15) is 19.5 Å². The molecule has 1 aliphatic heterocycles. The van der Waals surface area contributed by atoms with Gasteiger partial charge in [0.1, 0.15) is 10.7 Å². The number of hydrogen-bond donors (Lipinski definition) is 0. The van der Waals surface area contributed by atoms with Crippen LogP contribution in [-0.2, 0) is 9.84 Å². The highest BCUT2D eigenvalue weighted by atomic mass is 32.2. The van der Waals surface area contributed by atoms with Gasteiger partial charge in [0.2, 0.25) is 5.95 Å². The van der Waals surface area contributed by atoms with Gasteiger partial charge in [-0.2, -0.15) is 0 Å². The number of aromatic nitrogens is 2. The first-order chi connectivity index (χ1) is 13.1. The van der Waals surface area contributed by atoms with E-state index < -0.39 is 21.5 Å². The normalized spacial score (nSPS) is 18.0. The Hall–Kier alpha value is -2.29. The van der Waals surface area contributed by atoms with E-state index in [4.69, 9.17) is 0 Å². The molecular formula is C19H24F2N4O2S. The van der Waals surface area contributed by atoms with Gasteiger partial charge in [0.15, 0.2) is 15.7 Å². The van der Waals surface area contributed by atoms with Crippen molar-refractivity contribution < 1.29 is 17.2 Å². The third-order valence-corrected chi connectivity index (χ3v) is 6.14. The molecule has 0 amide bonds. The average molecular weight is 410 g/mol. The van der Waals surface area contributed by atoms with Crippen molar-refractivity contribution in [2.75, 3.05) is 35.7 Å². The first-order valence-electron chi connectivity index (χ1n) is 9.08. The molecule has 2 aromatic rings. The predicted octanol–water partition coefficient (Wildman–Crippen LogP) is 2.82. The Bertz CT molecular complexity index is 982. The van der Waals surface area contributed by atoms with Crippen molar-refractivity contribution in [2.45, 2.75) is 31.7 Å². The van der Waals surface area contributed by atoms with E-state index in [2.05, 4.69) is 28.7 Å². The molecule has 1 aromatic carbocycles. The molecule has 1 atom stereocenters. The fraction of sp³-hybridized carbons (Fsp3) is 0.474. The van der Waals surface area contributed by atoms with Crippen molar-refractivity contribution in [3.05, 3.63) is 41.7 Å². The Kier molecular flexibility index (Phi) is 5.56. The molecule has 1 saturated heterocycles. The van der Waals surface area contributed by atoms with Crippen LogP contribution >= 0.6 is 0 Å². The third-order valence-electron chi connectivity index (χ3n) is 5.03. The lowest BCUT2D eigenvalue weighted by molar-refractivity contribution is 0.412. The highest BCUT2D eigenvalue weighted by molar-refractivity contribution is 7.90. The summed E-state index contributed by atoms with van der Waals surface area (Å²) in [6, 6.07) is 4.20. The standard InChI is InChI=1S/C19H24F2N4O2S/c1-12(2)17-11-24(14-5-6-15(20)18(9-14)28(4,26)27)7-8-25(17)19-22-10-16(21)13(3)23-19/h5-6,9-10,12,17H,7-8,11H2,1-4H3/t17-/m0/s1. The van der Waals surface area contributed by atoms with Crippen LogP contribution < -0.4 is 9.80 Å². The Morgan fingerprint density at radius 2 is 1.89 bits per heavy atom. The van der Waals surface area contributed by atoms with Crippen LogP contribution in [0.5, 0.6) is 0 Å². The smallest absolute Gasteiger partial charge is 0.226 e. The van der Waals surface area contributed by atoms with Crippen LogP contribution in [0.15, 0.2) is 29.3 Å². The number of hydrogen-bond acceptors (Lipinski definition) is 6. The number of anilines is 2. The van der Waals surface area contributed by atoms with Crippen LogP contribution in [0, 0.1) is 24.5 Å². The molecule has 3 rings (SSSR count). The van der Waals surface area contributed by atoms with Gasteiger partial charge in [0, 0.05) is 31.6 Å². The summed E-state index contributed by atoms with van der Waals surface area (Å²) in [6.45, 7) is 7.50. The molecule has 6 nitrogen and oxygen atoms in total. The summed E-state index contributed by atoms with van der Waals surface area (Å²) < 4.78 is 51.2. The summed E-state index contributed by atoms with van der Waals surface area (Å²) >= 11 is 0. The van der Waals surface area contributed by atoms with Gasteiger partial charge in [-0.25, -0.2) is 27.2 Å². The first-order valence-corrected chi connectivity index (χ1v) is 11.0. The number of rotatable bonds is 4. The molecule has 0 saturated carbocycles. The minimum atomic E-state index is -3.65. The number of benzene rings is 1. The fourth-order valence-corrected chi connectivity index (χ4v) is 4.17. The molecule has 0 radical (unpaired) electrons. The van der Waals surface area contributed by atoms with Gasteiger partial charge in [-0.15, -0.1) is 0 Å². The van der Waals surface area contributed by atoms with Crippen molar-refractivity contribution in [2.24, 2.45) is 5.92 Å². The lowest BCUT2D eigenvalue weighted by atomic mass is 9.99. The Balaban J connectivity index is 1.90. The van der Waals surface area contributed by atoms with Gasteiger partial charge in [0.25, 0.3) is 0 Å². The first kappa shape index (κ1) is 20.4. The molecule has 0 spiro atoms. The van der Waals surface area contributed by atoms with E-state index in [1.807, 2.05) is 4.90 Å². The van der Waals surface area contributed by atoms with Crippen LogP contribution in [-0.4, -0.2) is 50.3 Å². The van der Waals surface area contributed by atoms with Crippen molar-refractivity contribution in [3.8, 4) is 0 Å². The van der Waals surface area contributed by atoms with Crippen LogP contribution in [0.25, 0.3) is 0 Å². The molecule has 2 heterocycles. The van der Waals surface area contributed by atoms with E-state index in [1.54, 1.807) is 13.0 Å². The summed E-state index contributed by atoms with van der Waals surface area (Å²) in [5.41, 5.74) is 0.953. The van der Waals surface area contributed by atoms with Gasteiger partial charge >= 0.3 is 0 Å². The third kappa shape index (κ3) is 4.09. The maximum Gasteiger partial charge on any atom is 0.226 e. The quantitative estimate of drug-likeness (QED) is 0.772. The highest BCUT2D eigenvalue weighted by Crippen LogP contribution is 2.28. The molecule has 9 heteroatoms. The van der Waals surface area contributed by atoms with Crippen LogP contribution in [0.3, 0.4) is 0 Å². The van der Waals surface area contributed by atoms with Crippen molar-refractivity contribution in [3.63, 3.8) is 0 Å². The Morgan fingerprint density at radius 3 is 2.50 bits per heavy atom. The minimum absolute atomic E-state index is 0.0327. The molecule has 0 aliphatic carbocycles.